The Hall–Kier alpha value is -1.58. The van der Waals surface area contributed by atoms with E-state index in [2.05, 4.69) is 4.98 Å². The van der Waals surface area contributed by atoms with Crippen molar-refractivity contribution in [2.75, 3.05) is 0 Å². The summed E-state index contributed by atoms with van der Waals surface area (Å²) in [5, 5.41) is 15.1. The average Bonchev–Trinajstić information content (AvgIpc) is 2.07. The van der Waals surface area contributed by atoms with Crippen LogP contribution in [0.5, 0.6) is 0 Å². The summed E-state index contributed by atoms with van der Waals surface area (Å²) >= 11 is 5.43. The molecule has 11 heavy (non-hydrogen) atoms. The van der Waals surface area contributed by atoms with Gasteiger partial charge >= 0.3 is 0 Å². The van der Waals surface area contributed by atoms with E-state index in [0.717, 1.165) is 0 Å². The molecule has 0 aliphatic heterocycles. The molecule has 0 saturated heterocycles. The normalized spacial score (nSPS) is 6.45. The van der Waals surface area contributed by atoms with Gasteiger partial charge in [-0.1, -0.05) is 17.7 Å². The Kier molecular flexibility index (Phi) is 5.60. The minimum atomic E-state index is 0.544. The maximum absolute atomic E-state index is 7.26. The lowest BCUT2D eigenvalue weighted by molar-refractivity contribution is 1.33. The standard InChI is InChI=1S/C5H4ClN.C2N2/c6-5-3-1-2-4-7-5;3-1-2-4/h1-4H;. The Labute approximate surface area is 69.5 Å². The molecule has 0 saturated carbocycles. The zero-order chi connectivity index (χ0) is 8.53. The van der Waals surface area contributed by atoms with Crippen molar-refractivity contribution < 1.29 is 0 Å². The molecule has 0 aliphatic carbocycles. The molecule has 1 aromatic rings. The van der Waals surface area contributed by atoms with Crippen LogP contribution in [0.4, 0.5) is 0 Å². The molecule has 0 unspecified atom stereocenters. The predicted molar refractivity (Wildman–Crippen MR) is 40.5 cm³/mol. The van der Waals surface area contributed by atoms with Gasteiger partial charge in [0.1, 0.15) is 5.15 Å². The molecule has 0 atom stereocenters. The lowest BCUT2D eigenvalue weighted by Gasteiger charge is -1.79. The monoisotopic (exact) mass is 165 g/mol. The summed E-state index contributed by atoms with van der Waals surface area (Å²) in [4.78, 5) is 3.74. The van der Waals surface area contributed by atoms with Gasteiger partial charge in [0.25, 0.3) is 0 Å². The molecule has 1 rings (SSSR count). The Balaban J connectivity index is 0.000000218. The molecule has 3 nitrogen and oxygen atoms in total. The first-order valence-corrected chi connectivity index (χ1v) is 3.03. The minimum Gasteiger partial charge on any atom is -0.245 e. The van der Waals surface area contributed by atoms with Gasteiger partial charge in [-0.3, -0.25) is 0 Å². The van der Waals surface area contributed by atoms with Crippen molar-refractivity contribution in [1.82, 2.24) is 4.98 Å². The van der Waals surface area contributed by atoms with Gasteiger partial charge < -0.3 is 0 Å². The number of aromatic nitrogens is 1. The van der Waals surface area contributed by atoms with Crippen LogP contribution >= 0.6 is 11.6 Å². The number of halogens is 1. The summed E-state index contributed by atoms with van der Waals surface area (Å²) in [6, 6.07) is 7.88. The molecule has 0 amide bonds. The fraction of sp³-hybridized carbons (Fsp3) is 0. The van der Waals surface area contributed by atoms with Gasteiger partial charge in [-0.2, -0.15) is 10.5 Å². The zero-order valence-electron chi connectivity index (χ0n) is 5.53. The molecule has 0 bridgehead atoms. The molecule has 0 spiro atoms. The van der Waals surface area contributed by atoms with E-state index in [-0.39, 0.29) is 0 Å². The summed E-state index contributed by atoms with van der Waals surface area (Å²) in [6.07, 6.45) is 1.66. The molecule has 0 N–H and O–H groups in total. The fourth-order valence-corrected chi connectivity index (χ4v) is 0.471. The van der Waals surface area contributed by atoms with Crippen molar-refractivity contribution in [1.29, 1.82) is 10.5 Å². The van der Waals surface area contributed by atoms with E-state index >= 15 is 0 Å². The Morgan fingerprint density at radius 1 is 1.27 bits per heavy atom. The maximum atomic E-state index is 7.26. The molecular weight excluding hydrogens is 162 g/mol. The maximum Gasteiger partial charge on any atom is 0.181 e. The van der Waals surface area contributed by atoms with Gasteiger partial charge in [0.2, 0.25) is 0 Å². The SMILES string of the molecule is Clc1ccccn1.N#CC#N. The highest BCUT2D eigenvalue weighted by Gasteiger charge is 1.76. The van der Waals surface area contributed by atoms with Crippen LogP contribution in [0.1, 0.15) is 0 Å². The van der Waals surface area contributed by atoms with Crippen molar-refractivity contribution in [3.05, 3.63) is 29.5 Å². The van der Waals surface area contributed by atoms with Crippen molar-refractivity contribution in [2.24, 2.45) is 0 Å². The number of nitrogens with zero attached hydrogens (tertiary/aromatic N) is 3. The van der Waals surface area contributed by atoms with Crippen LogP contribution in [0.25, 0.3) is 0 Å². The summed E-state index contributed by atoms with van der Waals surface area (Å²) in [6.45, 7) is 0. The second-order valence-corrected chi connectivity index (χ2v) is 1.76. The van der Waals surface area contributed by atoms with Gasteiger partial charge in [0, 0.05) is 6.20 Å². The lowest BCUT2D eigenvalue weighted by Crippen LogP contribution is -1.65. The largest absolute Gasteiger partial charge is 0.245 e. The van der Waals surface area contributed by atoms with E-state index in [9.17, 15) is 0 Å². The molecule has 1 heterocycles. The molecule has 0 fully saturated rings. The molecule has 1 aromatic heterocycles. The van der Waals surface area contributed by atoms with Crippen LogP contribution in [0.15, 0.2) is 24.4 Å². The zero-order valence-corrected chi connectivity index (χ0v) is 6.28. The van der Waals surface area contributed by atoms with Crippen molar-refractivity contribution in [3.8, 4) is 12.1 Å². The van der Waals surface area contributed by atoms with Crippen LogP contribution in [0.3, 0.4) is 0 Å². The molecule has 0 radical (unpaired) electrons. The van der Waals surface area contributed by atoms with Crippen LogP contribution in [-0.2, 0) is 0 Å². The second-order valence-electron chi connectivity index (χ2n) is 1.38. The van der Waals surface area contributed by atoms with Crippen LogP contribution in [0, 0.1) is 22.7 Å². The third-order valence-corrected chi connectivity index (χ3v) is 0.902. The van der Waals surface area contributed by atoms with E-state index in [1.165, 1.54) is 12.1 Å². The molecule has 54 valence electrons. The van der Waals surface area contributed by atoms with Crippen molar-refractivity contribution >= 4 is 11.6 Å². The summed E-state index contributed by atoms with van der Waals surface area (Å²) in [5.41, 5.74) is 0. The van der Waals surface area contributed by atoms with E-state index in [1.807, 2.05) is 12.1 Å². The molecule has 4 heteroatoms. The first-order chi connectivity index (χ1) is 5.31. The van der Waals surface area contributed by atoms with Crippen molar-refractivity contribution in [2.45, 2.75) is 0 Å². The van der Waals surface area contributed by atoms with Crippen LogP contribution in [0.2, 0.25) is 5.15 Å². The summed E-state index contributed by atoms with van der Waals surface area (Å²) in [7, 11) is 0. The van der Waals surface area contributed by atoms with Crippen LogP contribution in [-0.4, -0.2) is 4.98 Å². The topological polar surface area (TPSA) is 60.5 Å². The Morgan fingerprint density at radius 2 is 1.91 bits per heavy atom. The predicted octanol–water partition coefficient (Wildman–Crippen LogP) is 1.77. The van der Waals surface area contributed by atoms with Gasteiger partial charge in [0.05, 0.1) is 0 Å². The van der Waals surface area contributed by atoms with E-state index in [4.69, 9.17) is 22.1 Å². The Morgan fingerprint density at radius 3 is 2.09 bits per heavy atom. The van der Waals surface area contributed by atoms with E-state index in [1.54, 1.807) is 12.3 Å². The third kappa shape index (κ3) is 6.30. The second kappa shape index (κ2) is 6.54. The number of rotatable bonds is 0. The first kappa shape index (κ1) is 9.42. The highest BCUT2D eigenvalue weighted by Crippen LogP contribution is 1.98. The number of hydrogen-bond acceptors (Lipinski definition) is 3. The van der Waals surface area contributed by atoms with Gasteiger partial charge in [-0.25, -0.2) is 4.98 Å². The minimum absolute atomic E-state index is 0.544. The Bertz CT molecular complexity index is 258. The smallest absolute Gasteiger partial charge is 0.181 e. The molecular formula is C7H4ClN3. The number of pyridine rings is 1. The average molecular weight is 166 g/mol. The summed E-state index contributed by atoms with van der Waals surface area (Å²) < 4.78 is 0. The molecule has 0 aromatic carbocycles. The van der Waals surface area contributed by atoms with Crippen LogP contribution < -0.4 is 0 Å². The quantitative estimate of drug-likeness (QED) is 0.551. The number of nitriles is 2. The summed E-state index contributed by atoms with van der Waals surface area (Å²) in [5.74, 6) is 0. The van der Waals surface area contributed by atoms with Gasteiger partial charge in [-0.15, -0.1) is 0 Å². The third-order valence-electron chi connectivity index (χ3n) is 0.679. The van der Waals surface area contributed by atoms with E-state index < -0.39 is 0 Å². The number of hydrogen-bond donors (Lipinski definition) is 0. The lowest BCUT2D eigenvalue weighted by atomic mass is 10.5. The molecule has 0 aliphatic rings. The van der Waals surface area contributed by atoms with Gasteiger partial charge in [-0.05, 0) is 12.1 Å². The first-order valence-electron chi connectivity index (χ1n) is 2.66. The highest BCUT2D eigenvalue weighted by molar-refractivity contribution is 6.29. The highest BCUT2D eigenvalue weighted by atomic mass is 35.5. The van der Waals surface area contributed by atoms with Gasteiger partial charge in [0.15, 0.2) is 12.1 Å². The van der Waals surface area contributed by atoms with Crippen molar-refractivity contribution in [3.63, 3.8) is 0 Å². The van der Waals surface area contributed by atoms with E-state index in [0.29, 0.717) is 5.15 Å². The fourth-order valence-electron chi connectivity index (χ4n) is 0.342.